The van der Waals surface area contributed by atoms with Crippen molar-refractivity contribution in [2.24, 2.45) is 5.73 Å². The lowest BCUT2D eigenvalue weighted by molar-refractivity contribution is 0.100. The van der Waals surface area contributed by atoms with Crippen LogP contribution in [0.2, 0.25) is 0 Å². The van der Waals surface area contributed by atoms with Gasteiger partial charge < -0.3 is 11.1 Å². The van der Waals surface area contributed by atoms with Crippen LogP contribution in [0.1, 0.15) is 61.1 Å². The van der Waals surface area contributed by atoms with Gasteiger partial charge in [0.1, 0.15) is 5.52 Å². The van der Waals surface area contributed by atoms with Crippen LogP contribution in [0.3, 0.4) is 0 Å². The Morgan fingerprint density at radius 3 is 2.54 bits per heavy atom. The number of primary amides is 1. The predicted octanol–water partition coefficient (Wildman–Crippen LogP) is 3.89. The summed E-state index contributed by atoms with van der Waals surface area (Å²) >= 11 is 0. The van der Waals surface area contributed by atoms with Crippen LogP contribution in [0.4, 0.5) is 0 Å². The molecule has 2 aromatic carbocycles. The van der Waals surface area contributed by atoms with Crippen molar-refractivity contribution in [1.29, 1.82) is 0 Å². The molecule has 1 fully saturated rings. The molecule has 0 bridgehead atoms. The van der Waals surface area contributed by atoms with Gasteiger partial charge in [-0.15, -0.1) is 0 Å². The Kier molecular flexibility index (Phi) is 4.71. The molecule has 0 saturated carbocycles. The van der Waals surface area contributed by atoms with Crippen molar-refractivity contribution in [3.05, 3.63) is 59.3 Å². The van der Waals surface area contributed by atoms with Gasteiger partial charge in [-0.05, 0) is 49.1 Å². The summed E-state index contributed by atoms with van der Waals surface area (Å²) in [5, 5.41) is 9.27. The Morgan fingerprint density at radius 2 is 1.93 bits per heavy atom. The number of aromatic nitrogens is 2. The summed E-state index contributed by atoms with van der Waals surface area (Å²) in [6.45, 7) is 8.66. The molecule has 0 radical (unpaired) electrons. The first-order chi connectivity index (χ1) is 13.4. The molecular formula is C23H28N4O. The standard InChI is InChI=1S/C23H28N4O/c1-23(2,3)21-18-7-4-8-19(22(24)28)20(18)26-27(21)17-11-9-15(10-12-17)16-6-5-13-25-14-16/h4,7-12,16,25H,5-6,13-14H2,1-3H3,(H2,24,28). The number of nitrogens with two attached hydrogens (primary N) is 1. The Hall–Kier alpha value is -2.66. The summed E-state index contributed by atoms with van der Waals surface area (Å²) in [7, 11) is 0. The third-order valence-electron chi connectivity index (χ3n) is 5.58. The van der Waals surface area contributed by atoms with E-state index in [1.54, 1.807) is 6.07 Å². The van der Waals surface area contributed by atoms with Crippen molar-refractivity contribution in [3.63, 3.8) is 0 Å². The number of piperidine rings is 1. The van der Waals surface area contributed by atoms with E-state index in [1.165, 1.54) is 18.4 Å². The average Bonchev–Trinajstić information content (AvgIpc) is 3.08. The van der Waals surface area contributed by atoms with Crippen molar-refractivity contribution >= 4 is 16.8 Å². The molecule has 146 valence electrons. The van der Waals surface area contributed by atoms with Gasteiger partial charge in [0.2, 0.25) is 0 Å². The molecule has 1 aromatic heterocycles. The number of carbonyl (C=O) groups is 1. The van der Waals surface area contributed by atoms with Crippen LogP contribution in [0.15, 0.2) is 42.5 Å². The van der Waals surface area contributed by atoms with Crippen molar-refractivity contribution < 1.29 is 4.79 Å². The van der Waals surface area contributed by atoms with Gasteiger partial charge in [-0.1, -0.05) is 45.0 Å². The number of hydrogen-bond acceptors (Lipinski definition) is 3. The molecule has 1 amide bonds. The maximum atomic E-state index is 11.9. The fourth-order valence-corrected chi connectivity index (χ4v) is 4.24. The predicted molar refractivity (Wildman–Crippen MR) is 113 cm³/mol. The van der Waals surface area contributed by atoms with Crippen LogP contribution in [0.25, 0.3) is 16.6 Å². The van der Waals surface area contributed by atoms with Crippen molar-refractivity contribution in [3.8, 4) is 5.69 Å². The molecule has 5 heteroatoms. The zero-order chi connectivity index (χ0) is 19.9. The number of nitrogens with zero attached hydrogens (tertiary/aromatic N) is 2. The number of amides is 1. The molecule has 0 spiro atoms. The highest BCUT2D eigenvalue weighted by atomic mass is 16.1. The monoisotopic (exact) mass is 376 g/mol. The van der Waals surface area contributed by atoms with E-state index in [2.05, 4.69) is 50.4 Å². The van der Waals surface area contributed by atoms with Crippen LogP contribution in [0, 0.1) is 0 Å². The Balaban J connectivity index is 1.83. The Morgan fingerprint density at radius 1 is 1.18 bits per heavy atom. The van der Waals surface area contributed by atoms with Crippen LogP contribution in [-0.4, -0.2) is 28.8 Å². The minimum atomic E-state index is -0.448. The smallest absolute Gasteiger partial charge is 0.250 e. The Labute approximate surface area is 165 Å². The second kappa shape index (κ2) is 7.06. The zero-order valence-electron chi connectivity index (χ0n) is 16.8. The molecule has 1 aliphatic heterocycles. The van der Waals surface area contributed by atoms with Gasteiger partial charge in [-0.3, -0.25) is 4.79 Å². The second-order valence-electron chi connectivity index (χ2n) is 8.71. The quantitative estimate of drug-likeness (QED) is 0.728. The summed E-state index contributed by atoms with van der Waals surface area (Å²) in [6, 6.07) is 14.3. The minimum absolute atomic E-state index is 0.142. The maximum absolute atomic E-state index is 11.9. The molecule has 5 nitrogen and oxygen atoms in total. The van der Waals surface area contributed by atoms with E-state index in [0.717, 1.165) is 29.9 Å². The fraction of sp³-hybridized carbons (Fsp3) is 0.391. The number of nitrogens with one attached hydrogen (secondary N) is 1. The lowest BCUT2D eigenvalue weighted by Crippen LogP contribution is -2.28. The van der Waals surface area contributed by atoms with E-state index in [9.17, 15) is 4.79 Å². The zero-order valence-corrected chi connectivity index (χ0v) is 16.8. The molecule has 2 heterocycles. The third-order valence-corrected chi connectivity index (χ3v) is 5.58. The summed E-state index contributed by atoms with van der Waals surface area (Å²) < 4.78 is 1.97. The van der Waals surface area contributed by atoms with Crippen molar-refractivity contribution in [2.75, 3.05) is 13.1 Å². The van der Waals surface area contributed by atoms with Crippen LogP contribution >= 0.6 is 0 Å². The highest BCUT2D eigenvalue weighted by Gasteiger charge is 2.26. The molecule has 3 aromatic rings. The van der Waals surface area contributed by atoms with E-state index in [1.807, 2.05) is 16.8 Å². The number of rotatable bonds is 3. The van der Waals surface area contributed by atoms with E-state index >= 15 is 0 Å². The third kappa shape index (κ3) is 3.31. The fourth-order valence-electron chi connectivity index (χ4n) is 4.24. The number of carbonyl (C=O) groups excluding carboxylic acids is 1. The van der Waals surface area contributed by atoms with Crippen LogP contribution < -0.4 is 11.1 Å². The van der Waals surface area contributed by atoms with Crippen molar-refractivity contribution in [2.45, 2.75) is 44.9 Å². The molecule has 1 atom stereocenters. The number of hydrogen-bond donors (Lipinski definition) is 2. The SMILES string of the molecule is CC(C)(C)c1c2cccc(C(N)=O)c2nn1-c1ccc(C2CCCNC2)cc1. The van der Waals surface area contributed by atoms with Gasteiger partial charge in [-0.25, -0.2) is 4.68 Å². The van der Waals surface area contributed by atoms with Gasteiger partial charge in [0.25, 0.3) is 5.91 Å². The molecule has 1 aliphatic rings. The summed E-state index contributed by atoms with van der Waals surface area (Å²) in [5.74, 6) is 0.124. The van der Waals surface area contributed by atoms with Crippen molar-refractivity contribution in [1.82, 2.24) is 15.1 Å². The van der Waals surface area contributed by atoms with E-state index < -0.39 is 5.91 Å². The first kappa shape index (κ1) is 18.7. The van der Waals surface area contributed by atoms with E-state index in [4.69, 9.17) is 10.8 Å². The highest BCUT2D eigenvalue weighted by molar-refractivity contribution is 6.05. The number of benzene rings is 2. The van der Waals surface area contributed by atoms with Gasteiger partial charge in [0.05, 0.1) is 16.9 Å². The van der Waals surface area contributed by atoms with Gasteiger partial charge >= 0.3 is 0 Å². The normalized spacial score (nSPS) is 17.8. The summed E-state index contributed by atoms with van der Waals surface area (Å²) in [4.78, 5) is 11.9. The number of fused-ring (bicyclic) bond motifs is 1. The maximum Gasteiger partial charge on any atom is 0.250 e. The average molecular weight is 377 g/mol. The van der Waals surface area contributed by atoms with Crippen LogP contribution in [-0.2, 0) is 5.41 Å². The van der Waals surface area contributed by atoms with E-state index in [-0.39, 0.29) is 5.41 Å². The van der Waals surface area contributed by atoms with E-state index in [0.29, 0.717) is 17.0 Å². The molecule has 0 aliphatic carbocycles. The van der Waals surface area contributed by atoms with Gasteiger partial charge in [0.15, 0.2) is 0 Å². The summed E-state index contributed by atoms with van der Waals surface area (Å²) in [6.07, 6.45) is 2.45. The lowest BCUT2D eigenvalue weighted by atomic mass is 9.88. The molecule has 1 unspecified atom stereocenters. The first-order valence-corrected chi connectivity index (χ1v) is 9.99. The second-order valence-corrected chi connectivity index (χ2v) is 8.71. The lowest BCUT2D eigenvalue weighted by Gasteiger charge is -2.24. The first-order valence-electron chi connectivity index (χ1n) is 9.99. The molecule has 1 saturated heterocycles. The van der Waals surface area contributed by atoms with Crippen LogP contribution in [0.5, 0.6) is 0 Å². The Bertz CT molecular complexity index is 1010. The molecular weight excluding hydrogens is 348 g/mol. The topological polar surface area (TPSA) is 72.9 Å². The summed E-state index contributed by atoms with van der Waals surface area (Å²) in [5.41, 5.74) is 10.0. The highest BCUT2D eigenvalue weighted by Crippen LogP contribution is 2.34. The minimum Gasteiger partial charge on any atom is -0.366 e. The van der Waals surface area contributed by atoms with Gasteiger partial charge in [-0.2, -0.15) is 5.10 Å². The molecule has 3 N–H and O–H groups in total. The largest absolute Gasteiger partial charge is 0.366 e. The van der Waals surface area contributed by atoms with Gasteiger partial charge in [0, 0.05) is 17.3 Å². The molecule has 4 rings (SSSR count). The molecule has 28 heavy (non-hydrogen) atoms.